The first-order valence-corrected chi connectivity index (χ1v) is 11.2. The van der Waals surface area contributed by atoms with Crippen molar-refractivity contribution in [2.45, 2.75) is 51.9 Å². The molecule has 0 N–H and O–H groups in total. The summed E-state index contributed by atoms with van der Waals surface area (Å²) in [6.07, 6.45) is 11.9. The maximum absolute atomic E-state index is 2.52. The van der Waals surface area contributed by atoms with Gasteiger partial charge in [0.15, 0.2) is 0 Å². The van der Waals surface area contributed by atoms with Crippen LogP contribution in [0.1, 0.15) is 56.6 Å². The predicted octanol–water partition coefficient (Wildman–Crippen LogP) is 8.32. The SMILES string of the molecule is CC1(CC2=Cc3cccc(-c4ccccc4-c4ccccc4)c3C2)CCCCC1. The Morgan fingerprint density at radius 1 is 0.690 bits per heavy atom. The van der Waals surface area contributed by atoms with Crippen molar-refractivity contribution in [3.63, 3.8) is 0 Å². The molecule has 0 unspecified atom stereocenters. The van der Waals surface area contributed by atoms with Gasteiger partial charge in [0.05, 0.1) is 0 Å². The second kappa shape index (κ2) is 7.67. The average Bonchev–Trinajstić information content (AvgIpc) is 3.16. The fraction of sp³-hybridized carbons (Fsp3) is 0.310. The molecule has 0 amide bonds. The number of hydrogen-bond acceptors (Lipinski definition) is 0. The van der Waals surface area contributed by atoms with Crippen molar-refractivity contribution in [2.75, 3.05) is 0 Å². The van der Waals surface area contributed by atoms with Crippen LogP contribution in [-0.2, 0) is 6.42 Å². The standard InChI is InChI=1S/C29H30/c1-29(17-8-3-9-18-29)21-22-19-24-13-10-16-27(28(24)20-22)26-15-7-6-14-25(26)23-11-4-2-5-12-23/h2,4-7,10-16,19H,3,8-9,17-18,20-21H2,1H3. The van der Waals surface area contributed by atoms with E-state index in [0.717, 1.165) is 6.42 Å². The summed E-state index contributed by atoms with van der Waals surface area (Å²) in [5.41, 5.74) is 10.5. The molecule has 0 radical (unpaired) electrons. The molecule has 3 aromatic carbocycles. The van der Waals surface area contributed by atoms with Crippen LogP contribution in [0, 0.1) is 5.41 Å². The van der Waals surface area contributed by atoms with Gasteiger partial charge in [-0.05, 0) is 64.5 Å². The first-order valence-electron chi connectivity index (χ1n) is 11.2. The topological polar surface area (TPSA) is 0 Å². The molecule has 0 spiro atoms. The summed E-state index contributed by atoms with van der Waals surface area (Å²) in [7, 11) is 0. The molecular formula is C29H30. The third-order valence-electron chi connectivity index (χ3n) is 6.99. The lowest BCUT2D eigenvalue weighted by Crippen LogP contribution is -2.20. The van der Waals surface area contributed by atoms with Crippen LogP contribution < -0.4 is 0 Å². The zero-order valence-electron chi connectivity index (χ0n) is 17.5. The van der Waals surface area contributed by atoms with Gasteiger partial charge in [-0.1, -0.05) is 111 Å². The number of allylic oxidation sites excluding steroid dienone is 1. The van der Waals surface area contributed by atoms with Crippen molar-refractivity contribution >= 4 is 6.08 Å². The molecule has 2 aliphatic carbocycles. The van der Waals surface area contributed by atoms with E-state index in [2.05, 4.69) is 85.8 Å². The van der Waals surface area contributed by atoms with Crippen molar-refractivity contribution in [1.29, 1.82) is 0 Å². The normalized spacial score (nSPS) is 17.6. The Hall–Kier alpha value is -2.60. The minimum atomic E-state index is 0.508. The van der Waals surface area contributed by atoms with Crippen LogP contribution in [0.15, 0.2) is 78.4 Å². The number of fused-ring (bicyclic) bond motifs is 1. The minimum absolute atomic E-state index is 0.508. The molecule has 0 bridgehead atoms. The second-order valence-electron chi connectivity index (χ2n) is 9.31. The van der Waals surface area contributed by atoms with Crippen molar-refractivity contribution in [1.82, 2.24) is 0 Å². The van der Waals surface area contributed by atoms with Gasteiger partial charge in [0.2, 0.25) is 0 Å². The van der Waals surface area contributed by atoms with Gasteiger partial charge in [0.25, 0.3) is 0 Å². The van der Waals surface area contributed by atoms with Gasteiger partial charge < -0.3 is 0 Å². The highest BCUT2D eigenvalue weighted by atomic mass is 14.3. The summed E-state index contributed by atoms with van der Waals surface area (Å²) in [4.78, 5) is 0. The Kier molecular flexibility index (Phi) is 4.87. The van der Waals surface area contributed by atoms with Gasteiger partial charge in [-0.15, -0.1) is 0 Å². The van der Waals surface area contributed by atoms with E-state index in [1.165, 1.54) is 71.9 Å². The van der Waals surface area contributed by atoms with Gasteiger partial charge in [0, 0.05) is 0 Å². The lowest BCUT2D eigenvalue weighted by Gasteiger charge is -2.34. The first-order chi connectivity index (χ1) is 14.2. The number of benzene rings is 3. The summed E-state index contributed by atoms with van der Waals surface area (Å²) in [6.45, 7) is 2.52. The largest absolute Gasteiger partial charge is 0.0646 e. The molecule has 2 aliphatic rings. The van der Waals surface area contributed by atoms with Crippen molar-refractivity contribution in [2.24, 2.45) is 5.41 Å². The Balaban J connectivity index is 1.49. The minimum Gasteiger partial charge on any atom is -0.0646 e. The van der Waals surface area contributed by atoms with Crippen molar-refractivity contribution in [3.8, 4) is 22.3 Å². The Bertz CT molecular complexity index is 1030. The van der Waals surface area contributed by atoms with E-state index in [4.69, 9.17) is 0 Å². The van der Waals surface area contributed by atoms with Crippen LogP contribution in [0.25, 0.3) is 28.3 Å². The van der Waals surface area contributed by atoms with Gasteiger partial charge in [-0.2, -0.15) is 0 Å². The molecule has 0 heterocycles. The zero-order chi connectivity index (χ0) is 19.7. The molecule has 0 nitrogen and oxygen atoms in total. The lowest BCUT2D eigenvalue weighted by atomic mass is 9.71. The second-order valence-corrected chi connectivity index (χ2v) is 9.31. The summed E-state index contributed by atoms with van der Waals surface area (Å²) < 4.78 is 0. The maximum Gasteiger partial charge on any atom is -0.00515 e. The van der Waals surface area contributed by atoms with E-state index in [1.54, 1.807) is 5.57 Å². The highest BCUT2D eigenvalue weighted by molar-refractivity contribution is 5.87. The van der Waals surface area contributed by atoms with Gasteiger partial charge in [0.1, 0.15) is 0 Å². The molecular weight excluding hydrogens is 348 g/mol. The zero-order valence-corrected chi connectivity index (χ0v) is 17.5. The molecule has 1 fully saturated rings. The van der Waals surface area contributed by atoms with E-state index in [9.17, 15) is 0 Å². The van der Waals surface area contributed by atoms with E-state index in [0.29, 0.717) is 5.41 Å². The van der Waals surface area contributed by atoms with Crippen LogP contribution in [0.3, 0.4) is 0 Å². The third kappa shape index (κ3) is 3.69. The lowest BCUT2D eigenvalue weighted by molar-refractivity contribution is 0.214. The predicted molar refractivity (Wildman–Crippen MR) is 125 cm³/mol. The molecule has 5 rings (SSSR count). The highest BCUT2D eigenvalue weighted by Crippen LogP contribution is 2.45. The number of rotatable bonds is 4. The van der Waals surface area contributed by atoms with Gasteiger partial charge in [-0.3, -0.25) is 0 Å². The average molecular weight is 379 g/mol. The fourth-order valence-corrected chi connectivity index (χ4v) is 5.52. The summed E-state index contributed by atoms with van der Waals surface area (Å²) in [5, 5.41) is 0. The molecule has 3 aromatic rings. The van der Waals surface area contributed by atoms with Crippen LogP contribution in [0.4, 0.5) is 0 Å². The van der Waals surface area contributed by atoms with Crippen LogP contribution in [0.5, 0.6) is 0 Å². The Labute approximate surface area is 175 Å². The molecule has 0 saturated heterocycles. The van der Waals surface area contributed by atoms with Crippen LogP contribution in [-0.4, -0.2) is 0 Å². The van der Waals surface area contributed by atoms with Gasteiger partial charge in [-0.25, -0.2) is 0 Å². The van der Waals surface area contributed by atoms with E-state index in [1.807, 2.05) is 0 Å². The molecule has 0 atom stereocenters. The first kappa shape index (κ1) is 18.4. The van der Waals surface area contributed by atoms with E-state index < -0.39 is 0 Å². The Morgan fingerprint density at radius 2 is 1.38 bits per heavy atom. The number of hydrogen-bond donors (Lipinski definition) is 0. The Morgan fingerprint density at radius 3 is 2.17 bits per heavy atom. The molecule has 0 heteroatoms. The van der Waals surface area contributed by atoms with Crippen LogP contribution >= 0.6 is 0 Å². The van der Waals surface area contributed by atoms with E-state index >= 15 is 0 Å². The summed E-state index contributed by atoms with van der Waals surface area (Å²) in [6, 6.07) is 26.5. The van der Waals surface area contributed by atoms with Crippen molar-refractivity contribution in [3.05, 3.63) is 89.5 Å². The highest BCUT2D eigenvalue weighted by Gasteiger charge is 2.29. The molecule has 146 valence electrons. The van der Waals surface area contributed by atoms with Gasteiger partial charge >= 0.3 is 0 Å². The summed E-state index contributed by atoms with van der Waals surface area (Å²) in [5.74, 6) is 0. The molecule has 0 aromatic heterocycles. The fourth-order valence-electron chi connectivity index (χ4n) is 5.52. The smallest absolute Gasteiger partial charge is 0.00515 e. The molecule has 1 saturated carbocycles. The molecule has 0 aliphatic heterocycles. The molecule has 29 heavy (non-hydrogen) atoms. The summed E-state index contributed by atoms with van der Waals surface area (Å²) >= 11 is 0. The maximum atomic E-state index is 2.52. The van der Waals surface area contributed by atoms with Crippen molar-refractivity contribution < 1.29 is 0 Å². The van der Waals surface area contributed by atoms with Crippen LogP contribution in [0.2, 0.25) is 0 Å². The van der Waals surface area contributed by atoms with E-state index in [-0.39, 0.29) is 0 Å². The monoisotopic (exact) mass is 378 g/mol. The quantitative estimate of drug-likeness (QED) is 0.428. The third-order valence-corrected chi connectivity index (χ3v) is 6.99.